The molecule has 110 valence electrons. The highest BCUT2D eigenvalue weighted by Gasteiger charge is 2.40. The Balaban J connectivity index is 2.03. The molecule has 0 saturated carbocycles. The van der Waals surface area contributed by atoms with Crippen LogP contribution >= 0.6 is 0 Å². The van der Waals surface area contributed by atoms with E-state index < -0.39 is 12.0 Å². The number of carboxylic acids is 1. The van der Waals surface area contributed by atoms with E-state index in [4.69, 9.17) is 0 Å². The van der Waals surface area contributed by atoms with E-state index in [0.29, 0.717) is 5.56 Å². The maximum atomic E-state index is 12.1. The molecule has 0 saturated heterocycles. The summed E-state index contributed by atoms with van der Waals surface area (Å²) in [7, 11) is 3.44. The van der Waals surface area contributed by atoms with Crippen LogP contribution in [0.4, 0.5) is 5.69 Å². The second-order valence-corrected chi connectivity index (χ2v) is 5.82. The van der Waals surface area contributed by atoms with Gasteiger partial charge in [0.2, 0.25) is 0 Å². The van der Waals surface area contributed by atoms with E-state index in [0.717, 1.165) is 17.7 Å². The quantitative estimate of drug-likeness (QED) is 0.815. The van der Waals surface area contributed by atoms with Crippen molar-refractivity contribution in [1.82, 2.24) is 4.90 Å². The highest BCUT2D eigenvalue weighted by atomic mass is 16.4. The molecule has 5 heteroatoms. The van der Waals surface area contributed by atoms with E-state index in [1.165, 1.54) is 0 Å². The zero-order chi connectivity index (χ0) is 15.1. The molecule has 2 N–H and O–H groups in total. The average Bonchev–Trinajstić information content (AvgIpc) is 2.94. The van der Waals surface area contributed by atoms with Crippen molar-refractivity contribution in [3.8, 4) is 0 Å². The number of aliphatic carboxylic acids is 1. The summed E-state index contributed by atoms with van der Waals surface area (Å²) in [6.07, 6.45) is 4.84. The van der Waals surface area contributed by atoms with Crippen LogP contribution in [-0.2, 0) is 4.79 Å². The van der Waals surface area contributed by atoms with Gasteiger partial charge in [-0.3, -0.25) is 4.79 Å². The lowest BCUT2D eigenvalue weighted by atomic mass is 9.79. The van der Waals surface area contributed by atoms with Crippen molar-refractivity contribution in [2.45, 2.75) is 18.4 Å². The summed E-state index contributed by atoms with van der Waals surface area (Å²) in [4.78, 5) is 25.1. The van der Waals surface area contributed by atoms with Crippen molar-refractivity contribution in [2.75, 3.05) is 19.4 Å². The minimum atomic E-state index is -0.826. The van der Waals surface area contributed by atoms with E-state index in [9.17, 15) is 14.7 Å². The first-order valence-electron chi connectivity index (χ1n) is 7.00. The summed E-state index contributed by atoms with van der Waals surface area (Å²) in [5.41, 5.74) is 2.46. The van der Waals surface area contributed by atoms with Crippen LogP contribution in [0.1, 0.15) is 28.3 Å². The smallest absolute Gasteiger partial charge is 0.326 e. The maximum absolute atomic E-state index is 12.1. The molecule has 0 fully saturated rings. The molecule has 1 heterocycles. The average molecular weight is 286 g/mol. The molecule has 1 aromatic carbocycles. The Kier molecular flexibility index (Phi) is 3.20. The first kappa shape index (κ1) is 13.7. The minimum Gasteiger partial charge on any atom is -0.480 e. The van der Waals surface area contributed by atoms with E-state index in [-0.39, 0.29) is 17.7 Å². The van der Waals surface area contributed by atoms with Gasteiger partial charge in [-0.25, -0.2) is 4.79 Å². The van der Waals surface area contributed by atoms with Gasteiger partial charge in [0, 0.05) is 37.2 Å². The fraction of sp³-hybridized carbons (Fsp3) is 0.375. The fourth-order valence-corrected chi connectivity index (χ4v) is 3.23. The molecule has 2 aliphatic rings. The van der Waals surface area contributed by atoms with Crippen LogP contribution in [0.5, 0.6) is 0 Å². The number of carbonyl (C=O) groups is 2. The highest BCUT2D eigenvalue weighted by Crippen LogP contribution is 2.44. The summed E-state index contributed by atoms with van der Waals surface area (Å²) in [5, 5.41) is 12.5. The zero-order valence-corrected chi connectivity index (χ0v) is 12.0. The van der Waals surface area contributed by atoms with E-state index >= 15 is 0 Å². The van der Waals surface area contributed by atoms with Crippen LogP contribution in [0.2, 0.25) is 0 Å². The molecule has 0 spiro atoms. The van der Waals surface area contributed by atoms with Gasteiger partial charge in [0.05, 0.1) is 0 Å². The number of allylic oxidation sites excluding steroid dienone is 2. The number of nitrogens with one attached hydrogen (secondary N) is 1. The van der Waals surface area contributed by atoms with Gasteiger partial charge in [0.1, 0.15) is 6.04 Å². The number of fused-ring (bicyclic) bond motifs is 3. The van der Waals surface area contributed by atoms with Crippen molar-refractivity contribution in [2.24, 2.45) is 5.92 Å². The number of rotatable bonds is 2. The Labute approximate surface area is 123 Å². The van der Waals surface area contributed by atoms with Crippen molar-refractivity contribution in [3.63, 3.8) is 0 Å². The van der Waals surface area contributed by atoms with Gasteiger partial charge in [0.25, 0.3) is 5.91 Å². The van der Waals surface area contributed by atoms with E-state index in [1.54, 1.807) is 25.1 Å². The Hall–Kier alpha value is -2.30. The minimum absolute atomic E-state index is 0.0136. The topological polar surface area (TPSA) is 69.6 Å². The van der Waals surface area contributed by atoms with Crippen LogP contribution in [0.15, 0.2) is 30.4 Å². The van der Waals surface area contributed by atoms with Crippen molar-refractivity contribution >= 4 is 17.6 Å². The van der Waals surface area contributed by atoms with Gasteiger partial charge in [-0.1, -0.05) is 12.2 Å². The SMILES string of the molecule is CN(C)C(=O)c1ccc2c(c1)C1C=CCC1C(C(=O)O)N2. The molecule has 1 aliphatic carbocycles. The molecule has 3 rings (SSSR count). The molecule has 0 bridgehead atoms. The van der Waals surface area contributed by atoms with Crippen LogP contribution in [-0.4, -0.2) is 42.0 Å². The molecule has 3 atom stereocenters. The lowest BCUT2D eigenvalue weighted by Gasteiger charge is -2.35. The Morgan fingerprint density at radius 2 is 2.10 bits per heavy atom. The molecule has 21 heavy (non-hydrogen) atoms. The summed E-state index contributed by atoms with van der Waals surface area (Å²) in [5.74, 6) is -0.790. The lowest BCUT2D eigenvalue weighted by molar-refractivity contribution is -0.139. The highest BCUT2D eigenvalue weighted by molar-refractivity contribution is 5.95. The van der Waals surface area contributed by atoms with Gasteiger partial charge in [0.15, 0.2) is 0 Å². The standard InChI is InChI=1S/C16H18N2O3/c1-18(2)15(19)9-6-7-13-12(8-9)10-4-3-5-11(10)14(17-13)16(20)21/h3-4,6-8,10-11,14,17H,5H2,1-2H3,(H,20,21). The van der Waals surface area contributed by atoms with Crippen molar-refractivity contribution < 1.29 is 14.7 Å². The number of carbonyl (C=O) groups excluding carboxylic acids is 1. The van der Waals surface area contributed by atoms with Crippen molar-refractivity contribution in [3.05, 3.63) is 41.5 Å². The maximum Gasteiger partial charge on any atom is 0.326 e. The molecule has 0 aromatic heterocycles. The van der Waals surface area contributed by atoms with Gasteiger partial charge >= 0.3 is 5.97 Å². The Bertz CT molecular complexity index is 636. The Morgan fingerprint density at radius 3 is 2.76 bits per heavy atom. The third-order valence-electron chi connectivity index (χ3n) is 4.28. The predicted molar refractivity (Wildman–Crippen MR) is 79.5 cm³/mol. The number of hydrogen-bond donors (Lipinski definition) is 2. The first-order valence-corrected chi connectivity index (χ1v) is 7.00. The number of benzene rings is 1. The third-order valence-corrected chi connectivity index (χ3v) is 4.28. The van der Waals surface area contributed by atoms with Crippen LogP contribution in [0, 0.1) is 5.92 Å². The molecular weight excluding hydrogens is 268 g/mol. The van der Waals surface area contributed by atoms with Crippen LogP contribution < -0.4 is 5.32 Å². The van der Waals surface area contributed by atoms with Crippen LogP contribution in [0.25, 0.3) is 0 Å². The second kappa shape index (κ2) is 4.91. The summed E-state index contributed by atoms with van der Waals surface area (Å²) in [6.45, 7) is 0. The molecule has 0 radical (unpaired) electrons. The molecule has 1 amide bonds. The molecule has 5 nitrogen and oxygen atoms in total. The lowest BCUT2D eigenvalue weighted by Crippen LogP contribution is -2.41. The predicted octanol–water partition coefficient (Wildman–Crippen LogP) is 1.93. The van der Waals surface area contributed by atoms with Gasteiger partial charge in [-0.05, 0) is 30.2 Å². The summed E-state index contributed by atoms with van der Waals surface area (Å²) < 4.78 is 0. The third kappa shape index (κ3) is 2.18. The summed E-state index contributed by atoms with van der Waals surface area (Å²) in [6, 6.07) is 4.86. The second-order valence-electron chi connectivity index (χ2n) is 5.82. The summed E-state index contributed by atoms with van der Waals surface area (Å²) >= 11 is 0. The van der Waals surface area contributed by atoms with E-state index in [2.05, 4.69) is 11.4 Å². The number of nitrogens with zero attached hydrogens (tertiary/aromatic N) is 1. The number of hydrogen-bond acceptors (Lipinski definition) is 3. The molecule has 3 unspecified atom stereocenters. The van der Waals surface area contributed by atoms with Crippen molar-refractivity contribution in [1.29, 1.82) is 0 Å². The van der Waals surface area contributed by atoms with Gasteiger partial charge in [-0.2, -0.15) is 0 Å². The fourth-order valence-electron chi connectivity index (χ4n) is 3.23. The largest absolute Gasteiger partial charge is 0.480 e. The number of carboxylic acid groups (broad SMARTS) is 1. The zero-order valence-electron chi connectivity index (χ0n) is 12.0. The molecular formula is C16H18N2O3. The Morgan fingerprint density at radius 1 is 1.33 bits per heavy atom. The first-order chi connectivity index (χ1) is 9.99. The van der Waals surface area contributed by atoms with Gasteiger partial charge in [-0.15, -0.1) is 0 Å². The van der Waals surface area contributed by atoms with E-state index in [1.807, 2.05) is 18.2 Å². The monoisotopic (exact) mass is 286 g/mol. The van der Waals surface area contributed by atoms with Crippen LogP contribution in [0.3, 0.4) is 0 Å². The number of anilines is 1. The number of amides is 1. The normalized spacial score (nSPS) is 25.7. The molecule has 1 aromatic rings. The van der Waals surface area contributed by atoms with Gasteiger partial charge < -0.3 is 15.3 Å². The molecule has 1 aliphatic heterocycles.